The number of nitrogens with zero attached hydrogens (tertiary/aromatic N) is 2. The van der Waals surface area contributed by atoms with Crippen LogP contribution in [0.2, 0.25) is 0 Å². The number of β-lactam (4-membered cyclic amide) rings is 1. The molecule has 3 atom stereocenters. The van der Waals surface area contributed by atoms with Crippen molar-refractivity contribution in [2.24, 2.45) is 11.3 Å². The van der Waals surface area contributed by atoms with Gasteiger partial charge in [-0.1, -0.05) is 0 Å². The minimum atomic E-state index is -0.847. The Hall–Kier alpha value is -2.72. The molecule has 180 valence electrons. The van der Waals surface area contributed by atoms with E-state index in [2.05, 4.69) is 0 Å². The van der Waals surface area contributed by atoms with Crippen molar-refractivity contribution in [2.75, 3.05) is 20.9 Å². The van der Waals surface area contributed by atoms with Gasteiger partial charge < -0.3 is 24.4 Å². The van der Waals surface area contributed by atoms with Crippen LogP contribution in [-0.4, -0.2) is 71.7 Å². The first-order chi connectivity index (χ1) is 15.3. The minimum absolute atomic E-state index is 0.0479. The number of aliphatic hydroxyl groups excluding tert-OH is 1. The Labute approximate surface area is 196 Å². The van der Waals surface area contributed by atoms with E-state index in [9.17, 15) is 24.3 Å². The zero-order chi connectivity index (χ0) is 24.7. The first kappa shape index (κ1) is 24.9. The van der Waals surface area contributed by atoms with Crippen LogP contribution in [0.1, 0.15) is 44.6 Å². The summed E-state index contributed by atoms with van der Waals surface area (Å²) in [5.74, 6) is -2.28. The second-order valence-electron chi connectivity index (χ2n) is 9.59. The second-order valence-corrected chi connectivity index (χ2v) is 10.5. The van der Waals surface area contributed by atoms with Crippen molar-refractivity contribution >= 4 is 40.7 Å². The molecule has 0 radical (unpaired) electrons. The van der Waals surface area contributed by atoms with Crippen molar-refractivity contribution < 1.29 is 33.8 Å². The molecule has 33 heavy (non-hydrogen) atoms. The van der Waals surface area contributed by atoms with Crippen molar-refractivity contribution in [1.82, 2.24) is 9.80 Å². The maximum atomic E-state index is 13.0. The number of carbonyl (C=O) groups excluding carboxylic acids is 4. The van der Waals surface area contributed by atoms with Crippen LogP contribution in [0.5, 0.6) is 0 Å². The summed E-state index contributed by atoms with van der Waals surface area (Å²) in [5, 5.41) is 11.9. The summed E-state index contributed by atoms with van der Waals surface area (Å²) in [5.41, 5.74) is 0.781. The topological polar surface area (TPSA) is 113 Å². The maximum absolute atomic E-state index is 13.0. The van der Waals surface area contributed by atoms with Gasteiger partial charge in [-0.15, -0.1) is 11.3 Å². The minimum Gasteiger partial charge on any atom is -0.427 e. The normalized spacial score (nSPS) is 20.8. The maximum Gasteiger partial charge on any atom is 0.358 e. The predicted molar refractivity (Wildman–Crippen MR) is 121 cm³/mol. The van der Waals surface area contributed by atoms with E-state index in [1.165, 1.54) is 21.1 Å². The molecule has 1 aromatic heterocycles. The molecule has 1 aromatic rings. The molecule has 0 bridgehead atoms. The zero-order valence-electron chi connectivity index (χ0n) is 19.7. The molecule has 0 aliphatic carbocycles. The highest BCUT2D eigenvalue weighted by molar-refractivity contribution is 7.11. The van der Waals surface area contributed by atoms with Crippen LogP contribution in [0, 0.1) is 11.3 Å². The summed E-state index contributed by atoms with van der Waals surface area (Å²) in [7, 11) is 3.37. The largest absolute Gasteiger partial charge is 0.427 e. The lowest BCUT2D eigenvalue weighted by atomic mass is 9.83. The van der Waals surface area contributed by atoms with E-state index in [4.69, 9.17) is 9.47 Å². The van der Waals surface area contributed by atoms with E-state index >= 15 is 0 Å². The van der Waals surface area contributed by atoms with Crippen molar-refractivity contribution in [3.8, 4) is 0 Å². The number of amides is 2. The van der Waals surface area contributed by atoms with Crippen LogP contribution in [-0.2, 0) is 35.1 Å². The van der Waals surface area contributed by atoms with Gasteiger partial charge in [0.1, 0.15) is 5.70 Å². The first-order valence-electron chi connectivity index (χ1n) is 10.7. The smallest absolute Gasteiger partial charge is 0.358 e. The van der Waals surface area contributed by atoms with Gasteiger partial charge in [-0.25, -0.2) is 4.79 Å². The van der Waals surface area contributed by atoms with E-state index < -0.39 is 36.2 Å². The fourth-order valence-electron chi connectivity index (χ4n) is 3.86. The Morgan fingerprint density at radius 3 is 2.52 bits per heavy atom. The lowest BCUT2D eigenvalue weighted by Crippen LogP contribution is -2.61. The summed E-state index contributed by atoms with van der Waals surface area (Å²) >= 11 is 1.37. The Morgan fingerprint density at radius 2 is 1.94 bits per heavy atom. The zero-order valence-corrected chi connectivity index (χ0v) is 20.5. The number of likely N-dealkylation sites (N-methyl/N-ethyl adjacent to an activating group) is 1. The van der Waals surface area contributed by atoms with Crippen LogP contribution in [0.4, 0.5) is 0 Å². The molecular weight excluding hydrogens is 448 g/mol. The molecule has 2 aliphatic heterocycles. The molecule has 2 aliphatic rings. The van der Waals surface area contributed by atoms with Gasteiger partial charge in [-0.2, -0.15) is 0 Å². The molecule has 9 nitrogen and oxygen atoms in total. The average molecular weight is 479 g/mol. The molecule has 1 saturated heterocycles. The third kappa shape index (κ3) is 4.96. The number of carbonyl (C=O) groups is 4. The monoisotopic (exact) mass is 478 g/mol. The highest BCUT2D eigenvalue weighted by atomic mass is 32.1. The number of aliphatic hydroxyl groups is 1. The van der Waals surface area contributed by atoms with E-state index in [1.807, 2.05) is 11.4 Å². The molecule has 3 heterocycles. The Bertz CT molecular complexity index is 1000. The molecule has 10 heteroatoms. The van der Waals surface area contributed by atoms with Crippen molar-refractivity contribution in [3.63, 3.8) is 0 Å². The molecule has 3 rings (SSSR count). The quantitative estimate of drug-likeness (QED) is 0.361. The van der Waals surface area contributed by atoms with Crippen LogP contribution >= 0.6 is 11.3 Å². The van der Waals surface area contributed by atoms with Crippen molar-refractivity contribution in [2.45, 2.75) is 52.7 Å². The van der Waals surface area contributed by atoms with Gasteiger partial charge in [0.15, 0.2) is 0 Å². The first-order valence-corrected chi connectivity index (χ1v) is 11.6. The highest BCUT2D eigenvalue weighted by Crippen LogP contribution is 2.48. The number of esters is 2. The van der Waals surface area contributed by atoms with E-state index in [1.54, 1.807) is 41.8 Å². The fraction of sp³-hybridized carbons (Fsp3) is 0.565. The number of fused-ring (bicyclic) bond motifs is 1. The lowest BCUT2D eigenvalue weighted by Gasteiger charge is -2.44. The molecule has 1 N–H and O–H groups in total. The number of thiophene rings is 1. The molecular formula is C23H30N2O7S. The van der Waals surface area contributed by atoms with Crippen molar-refractivity contribution in [3.05, 3.63) is 27.6 Å². The molecule has 2 amide bonds. The van der Waals surface area contributed by atoms with Gasteiger partial charge in [0.05, 0.1) is 29.9 Å². The Kier molecular flexibility index (Phi) is 6.99. The second kappa shape index (κ2) is 9.26. The van der Waals surface area contributed by atoms with E-state index in [0.29, 0.717) is 12.0 Å². The van der Waals surface area contributed by atoms with E-state index in [0.717, 1.165) is 10.4 Å². The standard InChI is InChI=1S/C23H30N2O7S/c1-12(26)18-15-9-14(16-7-13(10-33-16)8-17(27)24(5)6)19(25(15)20(18)28)21(29)31-11-32-22(30)23(2,3)4/h7,10,12,15,18,26H,8-9,11H2,1-6H3/t12-,15-,18-/m1/s1. The van der Waals surface area contributed by atoms with Crippen LogP contribution in [0.15, 0.2) is 17.1 Å². The van der Waals surface area contributed by atoms with E-state index in [-0.39, 0.29) is 30.0 Å². The Balaban J connectivity index is 1.84. The summed E-state index contributed by atoms with van der Waals surface area (Å²) in [6.07, 6.45) is -0.240. The summed E-state index contributed by atoms with van der Waals surface area (Å²) in [6.45, 7) is 6.04. The fourth-order valence-corrected chi connectivity index (χ4v) is 4.83. The third-order valence-corrected chi connectivity index (χ3v) is 6.76. The molecule has 1 fully saturated rings. The van der Waals surface area contributed by atoms with Gasteiger partial charge in [0.25, 0.3) is 0 Å². The van der Waals surface area contributed by atoms with Crippen LogP contribution in [0.25, 0.3) is 5.57 Å². The molecule has 0 unspecified atom stereocenters. The molecule has 0 aromatic carbocycles. The van der Waals surface area contributed by atoms with Gasteiger partial charge >= 0.3 is 11.9 Å². The summed E-state index contributed by atoms with van der Waals surface area (Å²) in [4.78, 5) is 53.3. The van der Waals surface area contributed by atoms with Gasteiger partial charge in [0, 0.05) is 24.5 Å². The highest BCUT2D eigenvalue weighted by Gasteiger charge is 2.57. The van der Waals surface area contributed by atoms with Gasteiger partial charge in [0.2, 0.25) is 18.6 Å². The SMILES string of the molecule is C[C@@H](O)[C@H]1C(=O)N2C(C(=O)OCOC(=O)C(C)(C)C)=C(c3cc(CC(=O)N(C)C)cs3)C[C@H]12. The number of hydrogen-bond acceptors (Lipinski definition) is 8. The van der Waals surface area contributed by atoms with Crippen LogP contribution < -0.4 is 0 Å². The van der Waals surface area contributed by atoms with Crippen molar-refractivity contribution in [1.29, 1.82) is 0 Å². The van der Waals surface area contributed by atoms with Gasteiger partial charge in [-0.05, 0) is 51.1 Å². The molecule has 0 spiro atoms. The number of rotatable bonds is 7. The number of ether oxygens (including phenoxy) is 2. The third-order valence-electron chi connectivity index (χ3n) is 5.72. The van der Waals surface area contributed by atoms with Gasteiger partial charge in [-0.3, -0.25) is 14.4 Å². The average Bonchev–Trinajstić information content (AvgIpc) is 3.28. The summed E-state index contributed by atoms with van der Waals surface area (Å²) < 4.78 is 10.2. The Morgan fingerprint density at radius 1 is 1.27 bits per heavy atom. The van der Waals surface area contributed by atoms with Crippen LogP contribution in [0.3, 0.4) is 0 Å². The lowest BCUT2D eigenvalue weighted by molar-refractivity contribution is -0.175. The number of hydrogen-bond donors (Lipinski definition) is 1. The predicted octanol–water partition coefficient (Wildman–Crippen LogP) is 1.79. The summed E-state index contributed by atoms with van der Waals surface area (Å²) in [6, 6.07) is 1.49. The molecule has 0 saturated carbocycles.